The van der Waals surface area contributed by atoms with Crippen molar-refractivity contribution in [2.24, 2.45) is 5.92 Å². The smallest absolute Gasteiger partial charge is 0.264 e. The largest absolute Gasteiger partial charge is 0.354 e. The summed E-state index contributed by atoms with van der Waals surface area (Å²) in [5.41, 5.74) is 2.86. The van der Waals surface area contributed by atoms with Crippen molar-refractivity contribution in [1.82, 2.24) is 10.2 Å². The fourth-order valence-electron chi connectivity index (χ4n) is 4.25. The average molecular weight is 619 g/mol. The summed E-state index contributed by atoms with van der Waals surface area (Å²) < 4.78 is 28.9. The number of aryl methyl sites for hydroxylation is 2. The summed E-state index contributed by atoms with van der Waals surface area (Å²) in [6.45, 7) is 9.52. The van der Waals surface area contributed by atoms with Crippen molar-refractivity contribution in [2.75, 3.05) is 17.4 Å². The van der Waals surface area contributed by atoms with Crippen LogP contribution < -0.4 is 9.62 Å². The summed E-state index contributed by atoms with van der Waals surface area (Å²) in [5.74, 6) is -0.621. The number of benzene rings is 3. The third-order valence-corrected chi connectivity index (χ3v) is 9.14. The van der Waals surface area contributed by atoms with Crippen LogP contribution in [0.3, 0.4) is 0 Å². The van der Waals surface area contributed by atoms with Gasteiger partial charge in [0.05, 0.1) is 20.6 Å². The normalized spacial score (nSPS) is 12.2. The maximum absolute atomic E-state index is 14.1. The minimum atomic E-state index is -4.12. The summed E-state index contributed by atoms with van der Waals surface area (Å²) >= 11 is 12.4. The third-order valence-electron chi connectivity index (χ3n) is 6.62. The lowest BCUT2D eigenvalue weighted by Gasteiger charge is -2.33. The molecule has 220 valence electrons. The molecule has 1 unspecified atom stereocenters. The Morgan fingerprint density at radius 2 is 1.46 bits per heavy atom. The molecule has 1 atom stereocenters. The van der Waals surface area contributed by atoms with Gasteiger partial charge in [0.2, 0.25) is 11.8 Å². The summed E-state index contributed by atoms with van der Waals surface area (Å²) in [7, 11) is -4.12. The monoisotopic (exact) mass is 617 g/mol. The fourth-order valence-corrected chi connectivity index (χ4v) is 5.99. The molecule has 2 amide bonds. The second kappa shape index (κ2) is 14.2. The predicted molar refractivity (Wildman–Crippen MR) is 166 cm³/mol. The van der Waals surface area contributed by atoms with Crippen LogP contribution >= 0.6 is 23.2 Å². The number of carbonyl (C=O) groups is 2. The van der Waals surface area contributed by atoms with E-state index in [9.17, 15) is 18.0 Å². The highest BCUT2D eigenvalue weighted by Gasteiger charge is 2.33. The molecular weight excluding hydrogens is 581 g/mol. The van der Waals surface area contributed by atoms with E-state index in [1.165, 1.54) is 17.0 Å². The third kappa shape index (κ3) is 8.47. The molecule has 1 N–H and O–H groups in total. The number of amides is 2. The van der Waals surface area contributed by atoms with E-state index in [2.05, 4.69) is 5.32 Å². The van der Waals surface area contributed by atoms with Gasteiger partial charge in [0.25, 0.3) is 10.0 Å². The minimum absolute atomic E-state index is 0.0373. The Morgan fingerprint density at radius 3 is 2.00 bits per heavy atom. The maximum Gasteiger partial charge on any atom is 0.264 e. The van der Waals surface area contributed by atoms with E-state index in [1.54, 1.807) is 54.6 Å². The molecule has 0 fully saturated rings. The van der Waals surface area contributed by atoms with E-state index in [-0.39, 0.29) is 23.3 Å². The number of hydrogen-bond donors (Lipinski definition) is 1. The van der Waals surface area contributed by atoms with Crippen LogP contribution in [0, 0.1) is 19.8 Å². The Morgan fingerprint density at radius 1 is 0.878 bits per heavy atom. The molecule has 0 aliphatic rings. The topological polar surface area (TPSA) is 86.8 Å². The minimum Gasteiger partial charge on any atom is -0.354 e. The first-order valence-electron chi connectivity index (χ1n) is 13.5. The van der Waals surface area contributed by atoms with Crippen molar-refractivity contribution in [1.29, 1.82) is 0 Å². The zero-order valence-corrected chi connectivity index (χ0v) is 26.4. The zero-order valence-electron chi connectivity index (χ0n) is 24.0. The van der Waals surface area contributed by atoms with Crippen LogP contribution in [0.15, 0.2) is 71.6 Å². The highest BCUT2D eigenvalue weighted by molar-refractivity contribution is 7.92. The van der Waals surface area contributed by atoms with Crippen LogP contribution in [0.2, 0.25) is 10.0 Å². The summed E-state index contributed by atoms with van der Waals surface area (Å²) in [6, 6.07) is 17.6. The number of carbonyl (C=O) groups excluding carboxylic acids is 2. The highest BCUT2D eigenvalue weighted by Crippen LogP contribution is 2.27. The van der Waals surface area contributed by atoms with Crippen molar-refractivity contribution >= 4 is 50.7 Å². The van der Waals surface area contributed by atoms with Gasteiger partial charge in [0, 0.05) is 13.1 Å². The van der Waals surface area contributed by atoms with Crippen LogP contribution in [-0.2, 0) is 26.2 Å². The van der Waals surface area contributed by atoms with Crippen LogP contribution in [0.1, 0.15) is 43.9 Å². The summed E-state index contributed by atoms with van der Waals surface area (Å²) in [6.07, 6.45) is 0.326. The van der Waals surface area contributed by atoms with Crippen molar-refractivity contribution < 1.29 is 18.0 Å². The molecule has 10 heteroatoms. The van der Waals surface area contributed by atoms with Crippen LogP contribution in [0.5, 0.6) is 0 Å². The van der Waals surface area contributed by atoms with Gasteiger partial charge in [-0.25, -0.2) is 8.42 Å². The number of anilines is 1. The first-order chi connectivity index (χ1) is 19.3. The average Bonchev–Trinajstić information content (AvgIpc) is 2.93. The standard InChI is InChI=1S/C31H37Cl2N3O4S/c1-6-29(31(38)34-18-21(2)3)35(19-24-11-16-27(32)28(33)17-24)30(37)20-36(25-12-7-22(4)8-13-25)41(39,40)26-14-9-23(5)10-15-26/h7-17,21,29H,6,18-20H2,1-5H3,(H,34,38). The molecule has 0 aromatic heterocycles. The Labute approximate surface area is 253 Å². The Kier molecular flexibility index (Phi) is 11.2. The zero-order chi connectivity index (χ0) is 30.3. The second-order valence-corrected chi connectivity index (χ2v) is 13.2. The van der Waals surface area contributed by atoms with E-state index in [1.807, 2.05) is 34.6 Å². The van der Waals surface area contributed by atoms with Crippen molar-refractivity contribution in [3.05, 3.63) is 93.5 Å². The molecule has 0 saturated carbocycles. The number of nitrogens with one attached hydrogen (secondary N) is 1. The summed E-state index contributed by atoms with van der Waals surface area (Å²) in [5, 5.41) is 3.60. The van der Waals surface area contributed by atoms with Gasteiger partial charge in [0.1, 0.15) is 12.6 Å². The van der Waals surface area contributed by atoms with Gasteiger partial charge in [-0.15, -0.1) is 0 Å². The van der Waals surface area contributed by atoms with Crippen LogP contribution in [0.4, 0.5) is 5.69 Å². The van der Waals surface area contributed by atoms with E-state index < -0.39 is 28.5 Å². The lowest BCUT2D eigenvalue weighted by Crippen LogP contribution is -2.52. The molecule has 41 heavy (non-hydrogen) atoms. The van der Waals surface area contributed by atoms with Crippen molar-refractivity contribution in [3.63, 3.8) is 0 Å². The molecule has 0 radical (unpaired) electrons. The van der Waals surface area contributed by atoms with E-state index in [0.29, 0.717) is 34.3 Å². The highest BCUT2D eigenvalue weighted by atomic mass is 35.5. The quantitative estimate of drug-likeness (QED) is 0.255. The maximum atomic E-state index is 14.1. The first-order valence-corrected chi connectivity index (χ1v) is 15.7. The molecule has 0 aliphatic heterocycles. The molecule has 0 aliphatic carbocycles. The number of nitrogens with zero attached hydrogens (tertiary/aromatic N) is 2. The van der Waals surface area contributed by atoms with Gasteiger partial charge in [0.15, 0.2) is 0 Å². The molecular formula is C31H37Cl2N3O4S. The van der Waals surface area contributed by atoms with E-state index >= 15 is 0 Å². The SMILES string of the molecule is CCC(C(=O)NCC(C)C)N(Cc1ccc(Cl)c(Cl)c1)C(=O)CN(c1ccc(C)cc1)S(=O)(=O)c1ccc(C)cc1. The van der Waals surface area contributed by atoms with E-state index in [4.69, 9.17) is 23.2 Å². The Bertz CT molecular complexity index is 1460. The van der Waals surface area contributed by atoms with Crippen LogP contribution in [0.25, 0.3) is 0 Å². The molecule has 0 spiro atoms. The molecule has 3 rings (SSSR count). The van der Waals surface area contributed by atoms with Gasteiger partial charge >= 0.3 is 0 Å². The van der Waals surface area contributed by atoms with Crippen molar-refractivity contribution in [2.45, 2.75) is 58.5 Å². The summed E-state index contributed by atoms with van der Waals surface area (Å²) in [4.78, 5) is 28.9. The van der Waals surface area contributed by atoms with Gasteiger partial charge < -0.3 is 10.2 Å². The molecule has 0 bridgehead atoms. The molecule has 3 aromatic rings. The van der Waals surface area contributed by atoms with E-state index in [0.717, 1.165) is 15.4 Å². The molecule has 0 heterocycles. The van der Waals surface area contributed by atoms with Gasteiger partial charge in [-0.05, 0) is 68.1 Å². The number of sulfonamides is 1. The first kappa shape index (κ1) is 32.4. The Balaban J connectivity index is 2.05. The lowest BCUT2D eigenvalue weighted by atomic mass is 10.1. The second-order valence-electron chi connectivity index (χ2n) is 10.5. The molecule has 7 nitrogen and oxygen atoms in total. The predicted octanol–water partition coefficient (Wildman–Crippen LogP) is 6.39. The van der Waals surface area contributed by atoms with Crippen LogP contribution in [-0.4, -0.2) is 44.3 Å². The van der Waals surface area contributed by atoms with Gasteiger partial charge in [-0.3, -0.25) is 13.9 Å². The van der Waals surface area contributed by atoms with Crippen molar-refractivity contribution in [3.8, 4) is 0 Å². The fraction of sp³-hybridized carbons (Fsp3) is 0.355. The lowest BCUT2D eigenvalue weighted by molar-refractivity contribution is -0.140. The molecule has 3 aromatic carbocycles. The molecule has 0 saturated heterocycles. The van der Waals surface area contributed by atoms with Gasteiger partial charge in [-0.1, -0.05) is 85.4 Å². The van der Waals surface area contributed by atoms with Gasteiger partial charge in [-0.2, -0.15) is 0 Å². The number of rotatable bonds is 12. The number of hydrogen-bond acceptors (Lipinski definition) is 4. The number of halogens is 2. The Hall–Kier alpha value is -3.07.